The van der Waals surface area contributed by atoms with Gasteiger partial charge in [-0.25, -0.2) is 21.8 Å². The van der Waals surface area contributed by atoms with Crippen molar-refractivity contribution in [3.63, 3.8) is 0 Å². The number of carbonyl (C=O) groups is 1. The Morgan fingerprint density at radius 3 is 2.62 bits per heavy atom. The molecule has 1 N–H and O–H groups in total. The van der Waals surface area contributed by atoms with Gasteiger partial charge >= 0.3 is 0 Å². The van der Waals surface area contributed by atoms with Crippen molar-refractivity contribution < 1.29 is 22.7 Å². The van der Waals surface area contributed by atoms with Gasteiger partial charge in [0.15, 0.2) is 11.3 Å². The zero-order valence-corrected chi connectivity index (χ0v) is 28.4. The molecule has 1 aliphatic heterocycles. The molecule has 48 heavy (non-hydrogen) atoms. The highest BCUT2D eigenvalue weighted by Crippen LogP contribution is 2.39. The monoisotopic (exact) mass is 687 g/mol. The van der Waals surface area contributed by atoms with Crippen LogP contribution in [-0.4, -0.2) is 85.1 Å². The first-order valence-electron chi connectivity index (χ1n) is 15.2. The van der Waals surface area contributed by atoms with Crippen molar-refractivity contribution in [1.82, 2.24) is 23.2 Å². The second-order valence-corrected chi connectivity index (χ2v) is 14.4. The minimum Gasteiger partial charge on any atom is -0.495 e. The van der Waals surface area contributed by atoms with Crippen LogP contribution in [0.1, 0.15) is 11.1 Å². The number of carbonyl (C=O) groups excluding carboxylic acids is 1. The number of likely N-dealkylation sites (N-methyl/N-ethyl adjacent to an activating group) is 1. The van der Waals surface area contributed by atoms with E-state index >= 15 is 0 Å². The van der Waals surface area contributed by atoms with Crippen LogP contribution in [0.15, 0.2) is 69.8 Å². The summed E-state index contributed by atoms with van der Waals surface area (Å²) in [5, 5.41) is 5.42. The van der Waals surface area contributed by atoms with Crippen molar-refractivity contribution >= 4 is 71.5 Å². The summed E-state index contributed by atoms with van der Waals surface area (Å²) < 4.78 is 41.5. The van der Waals surface area contributed by atoms with E-state index < -0.39 is 10.0 Å². The van der Waals surface area contributed by atoms with Crippen LogP contribution in [0.3, 0.4) is 0 Å². The van der Waals surface area contributed by atoms with Crippen LogP contribution in [0.2, 0.25) is 0 Å². The number of nitrogens with zero attached hydrogens (tertiary/aromatic N) is 6. The number of nitrogens with one attached hydrogen (secondary N) is 1. The third-order valence-electron chi connectivity index (χ3n) is 8.47. The predicted octanol–water partition coefficient (Wildman–Crippen LogP) is 4.02. The number of amides is 1. The van der Waals surface area contributed by atoms with Crippen molar-refractivity contribution in [1.29, 1.82) is 0 Å². The number of benzene rings is 2. The van der Waals surface area contributed by atoms with Gasteiger partial charge in [-0.3, -0.25) is 14.5 Å². The molecular weight excluding hydrogens is 655 g/mol. The van der Waals surface area contributed by atoms with Gasteiger partial charge in [-0.05, 0) is 67.7 Å². The Bertz CT molecular complexity index is 2380. The largest absolute Gasteiger partial charge is 0.495 e. The molecule has 7 rings (SSSR count). The van der Waals surface area contributed by atoms with Crippen molar-refractivity contribution in [2.24, 2.45) is 0 Å². The van der Waals surface area contributed by atoms with Gasteiger partial charge in [-0.15, -0.1) is 11.3 Å². The summed E-state index contributed by atoms with van der Waals surface area (Å²) in [6, 6.07) is 13.6. The molecule has 0 fully saturated rings. The number of thiophene rings is 1. The maximum absolute atomic E-state index is 14.0. The Morgan fingerprint density at radius 2 is 1.88 bits per heavy atom. The fourth-order valence-electron chi connectivity index (χ4n) is 5.93. The van der Waals surface area contributed by atoms with Crippen LogP contribution >= 0.6 is 11.3 Å². The van der Waals surface area contributed by atoms with E-state index in [-0.39, 0.29) is 40.1 Å². The molecule has 0 saturated heterocycles. The van der Waals surface area contributed by atoms with Crippen LogP contribution in [0, 0.1) is 6.92 Å². The molecule has 15 heteroatoms. The van der Waals surface area contributed by atoms with Crippen molar-refractivity contribution in [2.45, 2.75) is 18.2 Å². The topological polar surface area (TPSA) is 140 Å². The number of methoxy groups -OCH3 is 2. The average molecular weight is 688 g/mol. The summed E-state index contributed by atoms with van der Waals surface area (Å²) in [6.45, 7) is 3.73. The minimum absolute atomic E-state index is 0.0396. The molecule has 13 nitrogen and oxygen atoms in total. The van der Waals surface area contributed by atoms with E-state index in [9.17, 15) is 18.0 Å². The Morgan fingerprint density at radius 1 is 1.08 bits per heavy atom. The molecule has 0 saturated carbocycles. The third-order valence-corrected chi connectivity index (χ3v) is 11.0. The third kappa shape index (κ3) is 5.38. The van der Waals surface area contributed by atoms with Gasteiger partial charge in [0.25, 0.3) is 15.6 Å². The van der Waals surface area contributed by atoms with Crippen molar-refractivity contribution in [2.75, 3.05) is 57.7 Å². The molecule has 0 aliphatic carbocycles. The van der Waals surface area contributed by atoms with Gasteiger partial charge in [0.05, 0.1) is 41.7 Å². The lowest BCUT2D eigenvalue weighted by Gasteiger charge is -2.23. The van der Waals surface area contributed by atoms with E-state index in [1.165, 1.54) is 29.0 Å². The van der Waals surface area contributed by atoms with Crippen LogP contribution in [0.25, 0.3) is 26.9 Å². The van der Waals surface area contributed by atoms with Crippen molar-refractivity contribution in [3.05, 3.63) is 81.6 Å². The molecule has 248 valence electrons. The molecule has 0 bridgehead atoms. The second-order valence-electron chi connectivity index (χ2n) is 11.6. The van der Waals surface area contributed by atoms with Crippen LogP contribution in [-0.2, 0) is 26.0 Å². The lowest BCUT2D eigenvalue weighted by molar-refractivity contribution is -0.119. The normalized spacial score (nSPS) is 13.2. The van der Waals surface area contributed by atoms with Crippen LogP contribution in [0.5, 0.6) is 5.75 Å². The average Bonchev–Trinajstić information content (AvgIpc) is 3.82. The molecule has 0 radical (unpaired) electrons. The quantitative estimate of drug-likeness (QED) is 0.225. The van der Waals surface area contributed by atoms with Gasteiger partial charge in [0.2, 0.25) is 11.9 Å². The first-order valence-corrected chi connectivity index (χ1v) is 17.5. The van der Waals surface area contributed by atoms with Gasteiger partial charge in [-0.2, -0.15) is 4.98 Å². The Kier molecular flexibility index (Phi) is 8.15. The van der Waals surface area contributed by atoms with Gasteiger partial charge in [-0.1, -0.05) is 17.7 Å². The Labute approximate surface area is 280 Å². The molecular formula is C33H33N7O6S2. The molecule has 4 aromatic heterocycles. The summed E-state index contributed by atoms with van der Waals surface area (Å²) in [5.74, 6) is 0.446. The minimum atomic E-state index is -4.06. The number of fused-ring (bicyclic) bond motifs is 5. The summed E-state index contributed by atoms with van der Waals surface area (Å²) in [5.41, 5.74) is 3.50. The highest BCUT2D eigenvalue weighted by Gasteiger charge is 2.29. The maximum Gasteiger partial charge on any atom is 0.278 e. The Balaban J connectivity index is 1.38. The molecule has 2 aromatic carbocycles. The fourth-order valence-corrected chi connectivity index (χ4v) is 7.99. The molecule has 0 unspecified atom stereocenters. The predicted molar refractivity (Wildman–Crippen MR) is 186 cm³/mol. The maximum atomic E-state index is 14.0. The standard InChI is InChI=1S/C33H33N7O6S2/c1-20-5-7-22(8-6-20)48(43,44)39-13-10-23-30(39)36-33(40-31(23)34-24-11-16-47-29(24)32(40)42)35-25-18-26-21(17-27(25)46-4)9-12-38(26)28(41)19-37(2)14-15-45-3/h5-8,10-11,13,16-18H,9,12,14-15,19H2,1-4H3,(H,35,36). The smallest absolute Gasteiger partial charge is 0.278 e. The summed E-state index contributed by atoms with van der Waals surface area (Å²) >= 11 is 1.26. The summed E-state index contributed by atoms with van der Waals surface area (Å²) in [6.07, 6.45) is 2.07. The molecule has 1 amide bonds. The first-order chi connectivity index (χ1) is 23.1. The van der Waals surface area contributed by atoms with Crippen molar-refractivity contribution in [3.8, 4) is 5.75 Å². The highest BCUT2D eigenvalue weighted by atomic mass is 32.2. The second kappa shape index (κ2) is 12.3. The van der Waals surface area contributed by atoms with E-state index in [1.807, 2.05) is 24.9 Å². The van der Waals surface area contributed by atoms with E-state index in [4.69, 9.17) is 19.4 Å². The van der Waals surface area contributed by atoms with Crippen LogP contribution in [0.4, 0.5) is 17.3 Å². The first kappa shape index (κ1) is 31.8. The number of hydrogen-bond acceptors (Lipinski definition) is 11. The van der Waals surface area contributed by atoms with Gasteiger partial charge in [0, 0.05) is 32.1 Å². The Hall–Kier alpha value is -4.83. The van der Waals surface area contributed by atoms with E-state index in [2.05, 4.69) is 5.32 Å². The number of hydrogen-bond donors (Lipinski definition) is 1. The van der Waals surface area contributed by atoms with E-state index in [0.717, 1.165) is 15.1 Å². The summed E-state index contributed by atoms with van der Waals surface area (Å²) in [7, 11) is 0.965. The SMILES string of the molecule is COCCN(C)CC(=O)N1CCc2cc(OC)c(Nc3nc4c(ccn4S(=O)(=O)c4ccc(C)cc4)c4nc5ccsc5c(=O)n34)cc21. The zero-order chi connectivity index (χ0) is 33.7. The number of ether oxygens (including phenoxy) is 2. The lowest BCUT2D eigenvalue weighted by Crippen LogP contribution is -2.39. The highest BCUT2D eigenvalue weighted by molar-refractivity contribution is 7.90. The number of aromatic nitrogens is 4. The number of aryl methyl sites for hydroxylation is 1. The fraction of sp³-hybridized carbons (Fsp3) is 0.273. The molecule has 6 aromatic rings. The zero-order valence-electron chi connectivity index (χ0n) is 26.8. The lowest BCUT2D eigenvalue weighted by atomic mass is 10.1. The van der Waals surface area contributed by atoms with E-state index in [1.54, 1.807) is 59.9 Å². The molecule has 0 spiro atoms. The molecule has 1 aliphatic rings. The number of anilines is 3. The van der Waals surface area contributed by atoms with Gasteiger partial charge in [0.1, 0.15) is 10.4 Å². The van der Waals surface area contributed by atoms with Gasteiger partial charge < -0.3 is 19.7 Å². The molecule has 0 atom stereocenters. The van der Waals surface area contributed by atoms with E-state index in [0.29, 0.717) is 58.8 Å². The van der Waals surface area contributed by atoms with Crippen LogP contribution < -0.4 is 20.5 Å². The molecule has 5 heterocycles. The number of rotatable bonds is 10. The summed E-state index contributed by atoms with van der Waals surface area (Å²) in [4.78, 5) is 40.6.